The Balaban J connectivity index is 2.14. The molecule has 0 unspecified atom stereocenters. The summed E-state index contributed by atoms with van der Waals surface area (Å²) in [6.45, 7) is 1.99. The van der Waals surface area contributed by atoms with Crippen LogP contribution in [0.3, 0.4) is 0 Å². The highest BCUT2D eigenvalue weighted by Crippen LogP contribution is 2.29. The van der Waals surface area contributed by atoms with Crippen molar-refractivity contribution in [2.45, 2.75) is 22.8 Å². The molecular weight excluding hydrogens is 250 g/mol. The van der Waals surface area contributed by atoms with Gasteiger partial charge >= 0.3 is 0 Å². The Labute approximate surface area is 111 Å². The molecule has 0 saturated carbocycles. The molecule has 0 aliphatic heterocycles. The van der Waals surface area contributed by atoms with E-state index >= 15 is 0 Å². The highest BCUT2D eigenvalue weighted by Gasteiger charge is 2.01. The first kappa shape index (κ1) is 12.5. The Morgan fingerprint density at radius 1 is 1.06 bits per heavy atom. The zero-order chi connectivity index (χ0) is 12.3. The lowest BCUT2D eigenvalue weighted by Crippen LogP contribution is -2.04. The monoisotopic (exact) mass is 263 g/mol. The maximum atomic E-state index is 5.95. The van der Waals surface area contributed by atoms with Crippen LogP contribution < -0.4 is 5.73 Å². The van der Waals surface area contributed by atoms with E-state index in [9.17, 15) is 0 Å². The summed E-state index contributed by atoms with van der Waals surface area (Å²) in [5.41, 5.74) is 6.97. The van der Waals surface area contributed by atoms with Gasteiger partial charge in [0.05, 0.1) is 0 Å². The topological polar surface area (TPSA) is 26.0 Å². The standard InChI is InChI=1S/C14H14ClNS/c1-10(16)11-5-7-13(8-6-11)17-14-4-2-3-12(15)9-14/h2-10H,16H2,1H3/t10-/m1/s1. The SMILES string of the molecule is C[C@@H](N)c1ccc(Sc2cccc(Cl)c2)cc1. The van der Waals surface area contributed by atoms with Gasteiger partial charge in [0, 0.05) is 20.9 Å². The second-order valence-electron chi connectivity index (χ2n) is 3.92. The predicted molar refractivity (Wildman–Crippen MR) is 74.6 cm³/mol. The van der Waals surface area contributed by atoms with E-state index in [1.165, 1.54) is 4.90 Å². The van der Waals surface area contributed by atoms with Gasteiger partial charge in [-0.05, 0) is 42.8 Å². The smallest absolute Gasteiger partial charge is 0.0417 e. The Bertz CT molecular complexity index is 494. The van der Waals surface area contributed by atoms with Crippen LogP contribution in [0.15, 0.2) is 58.3 Å². The molecule has 0 saturated heterocycles. The average molecular weight is 264 g/mol. The van der Waals surface area contributed by atoms with Crippen LogP contribution in [0.5, 0.6) is 0 Å². The summed E-state index contributed by atoms with van der Waals surface area (Å²) in [5.74, 6) is 0. The molecule has 3 heteroatoms. The molecule has 2 rings (SSSR count). The van der Waals surface area contributed by atoms with Crippen molar-refractivity contribution in [2.24, 2.45) is 5.73 Å². The van der Waals surface area contributed by atoms with Gasteiger partial charge in [0.15, 0.2) is 0 Å². The van der Waals surface area contributed by atoms with Crippen LogP contribution >= 0.6 is 23.4 Å². The molecule has 88 valence electrons. The fourth-order valence-corrected chi connectivity index (χ4v) is 2.64. The van der Waals surface area contributed by atoms with Crippen molar-refractivity contribution < 1.29 is 0 Å². The summed E-state index contributed by atoms with van der Waals surface area (Å²) >= 11 is 7.64. The highest BCUT2D eigenvalue weighted by atomic mass is 35.5. The van der Waals surface area contributed by atoms with Gasteiger partial charge < -0.3 is 5.73 Å². The molecule has 0 heterocycles. The number of hydrogen-bond donors (Lipinski definition) is 1. The maximum Gasteiger partial charge on any atom is 0.0417 e. The van der Waals surface area contributed by atoms with Gasteiger partial charge in [-0.15, -0.1) is 0 Å². The summed E-state index contributed by atoms with van der Waals surface area (Å²) < 4.78 is 0. The predicted octanol–water partition coefficient (Wildman–Crippen LogP) is 4.51. The van der Waals surface area contributed by atoms with E-state index in [0.717, 1.165) is 15.5 Å². The van der Waals surface area contributed by atoms with Gasteiger partial charge in [-0.3, -0.25) is 0 Å². The van der Waals surface area contributed by atoms with Gasteiger partial charge in [0.25, 0.3) is 0 Å². The summed E-state index contributed by atoms with van der Waals surface area (Å²) in [4.78, 5) is 2.34. The van der Waals surface area contributed by atoms with E-state index in [-0.39, 0.29) is 6.04 Å². The zero-order valence-electron chi connectivity index (χ0n) is 9.56. The Morgan fingerprint density at radius 2 is 1.76 bits per heavy atom. The van der Waals surface area contributed by atoms with Crippen molar-refractivity contribution in [3.05, 3.63) is 59.1 Å². The third-order valence-corrected chi connectivity index (χ3v) is 3.67. The lowest BCUT2D eigenvalue weighted by Gasteiger charge is -2.07. The summed E-state index contributed by atoms with van der Waals surface area (Å²) in [7, 11) is 0. The molecule has 2 aromatic carbocycles. The van der Waals surface area contributed by atoms with E-state index in [2.05, 4.69) is 30.3 Å². The van der Waals surface area contributed by atoms with Crippen molar-refractivity contribution in [3.63, 3.8) is 0 Å². The second kappa shape index (κ2) is 5.58. The normalized spacial score (nSPS) is 12.4. The first-order valence-corrected chi connectivity index (χ1v) is 6.63. The van der Waals surface area contributed by atoms with Crippen LogP contribution in [-0.2, 0) is 0 Å². The third-order valence-electron chi connectivity index (χ3n) is 2.44. The molecular formula is C14H14ClNS. The second-order valence-corrected chi connectivity index (χ2v) is 5.50. The van der Waals surface area contributed by atoms with Crippen LogP contribution in [-0.4, -0.2) is 0 Å². The van der Waals surface area contributed by atoms with Crippen molar-refractivity contribution in [3.8, 4) is 0 Å². The van der Waals surface area contributed by atoms with Crippen LogP contribution in [0.25, 0.3) is 0 Å². The molecule has 0 fully saturated rings. The molecule has 0 amide bonds. The molecule has 1 atom stereocenters. The van der Waals surface area contributed by atoms with Crippen LogP contribution in [0.2, 0.25) is 5.02 Å². The molecule has 0 bridgehead atoms. The summed E-state index contributed by atoms with van der Waals surface area (Å²) in [5, 5.41) is 0.766. The summed E-state index contributed by atoms with van der Waals surface area (Å²) in [6.07, 6.45) is 0. The minimum Gasteiger partial charge on any atom is -0.324 e. The van der Waals surface area contributed by atoms with Gasteiger partial charge in [0.2, 0.25) is 0 Å². The molecule has 1 nitrogen and oxygen atoms in total. The van der Waals surface area contributed by atoms with Crippen LogP contribution in [0, 0.1) is 0 Å². The van der Waals surface area contributed by atoms with Gasteiger partial charge in [0.1, 0.15) is 0 Å². The van der Waals surface area contributed by atoms with E-state index in [1.807, 2.05) is 25.1 Å². The van der Waals surface area contributed by atoms with Crippen molar-refractivity contribution >= 4 is 23.4 Å². The zero-order valence-corrected chi connectivity index (χ0v) is 11.1. The van der Waals surface area contributed by atoms with Gasteiger partial charge in [-0.1, -0.05) is 41.6 Å². The molecule has 0 radical (unpaired) electrons. The largest absolute Gasteiger partial charge is 0.324 e. The Morgan fingerprint density at radius 3 is 2.35 bits per heavy atom. The lowest BCUT2D eigenvalue weighted by molar-refractivity contribution is 0.817. The lowest BCUT2D eigenvalue weighted by atomic mass is 10.1. The van der Waals surface area contributed by atoms with Crippen molar-refractivity contribution in [1.29, 1.82) is 0 Å². The molecule has 0 spiro atoms. The third kappa shape index (κ3) is 3.50. The first-order valence-electron chi connectivity index (χ1n) is 5.44. The van der Waals surface area contributed by atoms with Crippen LogP contribution in [0.4, 0.5) is 0 Å². The van der Waals surface area contributed by atoms with E-state index in [1.54, 1.807) is 11.8 Å². The molecule has 2 aromatic rings. The molecule has 0 aliphatic carbocycles. The number of rotatable bonds is 3. The number of hydrogen-bond acceptors (Lipinski definition) is 2. The molecule has 0 aliphatic rings. The summed E-state index contributed by atoms with van der Waals surface area (Å²) in [6, 6.07) is 16.2. The van der Waals surface area contributed by atoms with Crippen LogP contribution in [0.1, 0.15) is 18.5 Å². The average Bonchev–Trinajstić information content (AvgIpc) is 2.29. The maximum absolute atomic E-state index is 5.95. The van der Waals surface area contributed by atoms with Crippen molar-refractivity contribution in [2.75, 3.05) is 0 Å². The molecule has 17 heavy (non-hydrogen) atoms. The Kier molecular flexibility index (Phi) is 4.11. The molecule has 0 aromatic heterocycles. The fraction of sp³-hybridized carbons (Fsp3) is 0.143. The van der Waals surface area contributed by atoms with Gasteiger partial charge in [-0.25, -0.2) is 0 Å². The quantitative estimate of drug-likeness (QED) is 0.882. The highest BCUT2D eigenvalue weighted by molar-refractivity contribution is 7.99. The van der Waals surface area contributed by atoms with E-state index in [0.29, 0.717) is 0 Å². The molecule has 2 N–H and O–H groups in total. The number of nitrogens with two attached hydrogens (primary N) is 1. The number of halogens is 1. The van der Waals surface area contributed by atoms with Crippen molar-refractivity contribution in [1.82, 2.24) is 0 Å². The van der Waals surface area contributed by atoms with Gasteiger partial charge in [-0.2, -0.15) is 0 Å². The van der Waals surface area contributed by atoms with E-state index < -0.39 is 0 Å². The number of benzene rings is 2. The minimum atomic E-state index is 0.0835. The Hall–Kier alpha value is -0.960. The first-order chi connectivity index (χ1) is 8.15. The van der Waals surface area contributed by atoms with E-state index in [4.69, 9.17) is 17.3 Å². The fourth-order valence-electron chi connectivity index (χ4n) is 1.51. The minimum absolute atomic E-state index is 0.0835.